The fourth-order valence-electron chi connectivity index (χ4n) is 4.62. The molecule has 184 valence electrons. The molecule has 0 aliphatic heterocycles. The van der Waals surface area contributed by atoms with Crippen LogP contribution in [0.25, 0.3) is 0 Å². The molecule has 0 amide bonds. The Kier molecular flexibility index (Phi) is 14.0. The van der Waals surface area contributed by atoms with Crippen molar-refractivity contribution in [3.8, 4) is 0 Å². The predicted octanol–water partition coefficient (Wildman–Crippen LogP) is 8.62. The van der Waals surface area contributed by atoms with E-state index in [4.69, 9.17) is 9.47 Å². The standard InChI is InChI=1S/C30H39O2P.HI/c1-31-29(32-2)24-16-5-3-4-6-17-25-33-30(26-18-10-7-11-19-26,27-20-12-8-13-21-27)28-22-14-9-15-23-28;/h7-15,18-23,29,33H,3-6,16-17,24-25H2,1-2H3;1H. The van der Waals surface area contributed by atoms with Gasteiger partial charge in [0, 0.05) is 14.2 Å². The van der Waals surface area contributed by atoms with Crippen molar-refractivity contribution in [3.05, 3.63) is 108 Å². The van der Waals surface area contributed by atoms with Crippen LogP contribution in [-0.2, 0) is 14.6 Å². The van der Waals surface area contributed by atoms with Crippen LogP contribution in [0.1, 0.15) is 61.6 Å². The maximum Gasteiger partial charge on any atom is 0.156 e. The molecule has 0 aliphatic rings. The third kappa shape index (κ3) is 8.16. The van der Waals surface area contributed by atoms with Gasteiger partial charge in [-0.1, -0.05) is 117 Å². The average Bonchev–Trinajstić information content (AvgIpc) is 2.89. The summed E-state index contributed by atoms with van der Waals surface area (Å²) in [5.41, 5.74) is 4.18. The van der Waals surface area contributed by atoms with Crippen molar-refractivity contribution in [2.45, 2.75) is 56.4 Å². The van der Waals surface area contributed by atoms with Gasteiger partial charge >= 0.3 is 0 Å². The van der Waals surface area contributed by atoms with Crippen LogP contribution >= 0.6 is 32.6 Å². The number of methoxy groups -OCH3 is 2. The van der Waals surface area contributed by atoms with Crippen molar-refractivity contribution in [3.63, 3.8) is 0 Å². The van der Waals surface area contributed by atoms with Crippen molar-refractivity contribution in [1.29, 1.82) is 0 Å². The van der Waals surface area contributed by atoms with Crippen molar-refractivity contribution < 1.29 is 9.47 Å². The summed E-state index contributed by atoms with van der Waals surface area (Å²) in [6.07, 6.45) is 9.81. The lowest BCUT2D eigenvalue weighted by Gasteiger charge is -2.36. The van der Waals surface area contributed by atoms with Crippen molar-refractivity contribution in [2.75, 3.05) is 20.4 Å². The SMILES string of the molecule is COC(CCCCCCCCPC(c1ccccc1)(c1ccccc1)c1ccccc1)OC.I. The highest BCUT2D eigenvalue weighted by Gasteiger charge is 2.35. The number of ether oxygens (including phenoxy) is 2. The van der Waals surface area contributed by atoms with E-state index in [0.717, 1.165) is 15.0 Å². The summed E-state index contributed by atoms with van der Waals surface area (Å²) in [5.74, 6) is 0. The van der Waals surface area contributed by atoms with Crippen LogP contribution in [0, 0.1) is 0 Å². The van der Waals surface area contributed by atoms with Gasteiger partial charge in [-0.25, -0.2) is 0 Å². The van der Waals surface area contributed by atoms with E-state index in [2.05, 4.69) is 91.0 Å². The zero-order chi connectivity index (χ0) is 23.2. The third-order valence-corrected chi connectivity index (χ3v) is 8.40. The number of unbranched alkanes of at least 4 members (excludes halogenated alkanes) is 5. The molecular weight excluding hydrogens is 550 g/mol. The molecule has 3 aromatic rings. The summed E-state index contributed by atoms with van der Waals surface area (Å²) >= 11 is 0. The van der Waals surface area contributed by atoms with Gasteiger partial charge in [0.05, 0.1) is 5.16 Å². The van der Waals surface area contributed by atoms with Crippen LogP contribution in [0.5, 0.6) is 0 Å². The van der Waals surface area contributed by atoms with Gasteiger partial charge in [-0.3, -0.25) is 0 Å². The Balaban J connectivity index is 0.00000408. The van der Waals surface area contributed by atoms with Gasteiger partial charge in [-0.2, -0.15) is 0 Å². The number of hydrogen-bond donors (Lipinski definition) is 0. The molecule has 1 atom stereocenters. The highest BCUT2D eigenvalue weighted by molar-refractivity contribution is 14.0. The van der Waals surface area contributed by atoms with E-state index >= 15 is 0 Å². The lowest BCUT2D eigenvalue weighted by Crippen LogP contribution is -2.24. The summed E-state index contributed by atoms with van der Waals surface area (Å²) in [5, 5.41) is -0.0842. The fourth-order valence-corrected chi connectivity index (χ4v) is 6.54. The Morgan fingerprint density at radius 1 is 0.588 bits per heavy atom. The van der Waals surface area contributed by atoms with Crippen LogP contribution in [0.2, 0.25) is 0 Å². The molecule has 1 unspecified atom stereocenters. The lowest BCUT2D eigenvalue weighted by molar-refractivity contribution is -0.107. The predicted molar refractivity (Wildman–Crippen MR) is 158 cm³/mol. The molecule has 0 aromatic heterocycles. The lowest BCUT2D eigenvalue weighted by atomic mass is 9.84. The van der Waals surface area contributed by atoms with Crippen molar-refractivity contribution in [2.24, 2.45) is 0 Å². The van der Waals surface area contributed by atoms with Crippen LogP contribution in [0.15, 0.2) is 91.0 Å². The molecule has 0 N–H and O–H groups in total. The molecule has 3 aromatic carbocycles. The molecular formula is C30H40IO2P. The van der Waals surface area contributed by atoms with E-state index in [9.17, 15) is 0 Å². The quantitative estimate of drug-likeness (QED) is 0.0580. The van der Waals surface area contributed by atoms with E-state index in [1.165, 1.54) is 61.4 Å². The zero-order valence-electron chi connectivity index (χ0n) is 20.6. The molecule has 0 aliphatic carbocycles. The van der Waals surface area contributed by atoms with Gasteiger partial charge in [0.25, 0.3) is 0 Å². The van der Waals surface area contributed by atoms with E-state index < -0.39 is 0 Å². The topological polar surface area (TPSA) is 18.5 Å². The molecule has 0 saturated carbocycles. The first-order valence-electron chi connectivity index (χ1n) is 12.3. The molecule has 4 heteroatoms. The summed E-state index contributed by atoms with van der Waals surface area (Å²) < 4.78 is 10.6. The smallest absolute Gasteiger partial charge is 0.156 e. The Labute approximate surface area is 225 Å². The fraction of sp³-hybridized carbons (Fsp3) is 0.400. The maximum atomic E-state index is 5.28. The van der Waals surface area contributed by atoms with Crippen LogP contribution in [-0.4, -0.2) is 26.7 Å². The Bertz CT molecular complexity index is 789. The minimum atomic E-state index is -0.0842. The van der Waals surface area contributed by atoms with Gasteiger partial charge in [-0.05, 0) is 42.1 Å². The molecule has 0 bridgehead atoms. The average molecular weight is 591 g/mol. The van der Waals surface area contributed by atoms with Gasteiger partial charge in [0.15, 0.2) is 6.29 Å². The van der Waals surface area contributed by atoms with Crippen LogP contribution in [0.3, 0.4) is 0 Å². The Hall–Kier alpha value is -1.26. The van der Waals surface area contributed by atoms with Gasteiger partial charge in [0.1, 0.15) is 0 Å². The van der Waals surface area contributed by atoms with Gasteiger partial charge in [-0.15, -0.1) is 32.6 Å². The molecule has 0 heterocycles. The number of hydrogen-bond acceptors (Lipinski definition) is 2. The second-order valence-corrected chi connectivity index (χ2v) is 10.2. The second-order valence-electron chi connectivity index (χ2n) is 8.59. The summed E-state index contributed by atoms with van der Waals surface area (Å²) in [6.45, 7) is 0. The molecule has 0 radical (unpaired) electrons. The first-order chi connectivity index (χ1) is 16.3. The number of rotatable bonds is 15. The van der Waals surface area contributed by atoms with E-state index in [0.29, 0.717) is 0 Å². The van der Waals surface area contributed by atoms with E-state index in [1.54, 1.807) is 14.2 Å². The van der Waals surface area contributed by atoms with E-state index in [1.807, 2.05) is 0 Å². The number of benzene rings is 3. The molecule has 34 heavy (non-hydrogen) atoms. The summed E-state index contributed by atoms with van der Waals surface area (Å²) in [7, 11) is 4.24. The van der Waals surface area contributed by atoms with Crippen LogP contribution < -0.4 is 0 Å². The highest BCUT2D eigenvalue weighted by atomic mass is 127. The molecule has 3 rings (SSSR count). The minimum absolute atomic E-state index is 0. The largest absolute Gasteiger partial charge is 0.356 e. The zero-order valence-corrected chi connectivity index (χ0v) is 23.9. The molecule has 2 nitrogen and oxygen atoms in total. The Morgan fingerprint density at radius 2 is 0.971 bits per heavy atom. The van der Waals surface area contributed by atoms with Gasteiger partial charge < -0.3 is 9.47 Å². The monoisotopic (exact) mass is 590 g/mol. The highest BCUT2D eigenvalue weighted by Crippen LogP contribution is 2.52. The van der Waals surface area contributed by atoms with Crippen molar-refractivity contribution in [1.82, 2.24) is 0 Å². The second kappa shape index (κ2) is 16.4. The van der Waals surface area contributed by atoms with Crippen LogP contribution in [0.4, 0.5) is 0 Å². The molecule has 0 saturated heterocycles. The minimum Gasteiger partial charge on any atom is -0.356 e. The Morgan fingerprint density at radius 3 is 1.38 bits per heavy atom. The van der Waals surface area contributed by atoms with E-state index in [-0.39, 0.29) is 35.4 Å². The number of halogens is 1. The summed E-state index contributed by atoms with van der Waals surface area (Å²) in [6, 6.07) is 33.3. The van der Waals surface area contributed by atoms with Gasteiger partial charge in [0.2, 0.25) is 0 Å². The first-order valence-corrected chi connectivity index (χ1v) is 13.5. The first kappa shape index (κ1) is 29.0. The normalized spacial score (nSPS) is 11.7. The third-order valence-electron chi connectivity index (χ3n) is 6.40. The maximum absolute atomic E-state index is 5.28. The van der Waals surface area contributed by atoms with Crippen molar-refractivity contribution >= 4 is 32.6 Å². The summed E-state index contributed by atoms with van der Waals surface area (Å²) in [4.78, 5) is 0. The molecule has 0 fully saturated rings. The molecule has 0 spiro atoms.